The summed E-state index contributed by atoms with van der Waals surface area (Å²) < 4.78 is 4.81. The van der Waals surface area contributed by atoms with E-state index in [0.29, 0.717) is 23.0 Å². The van der Waals surface area contributed by atoms with Gasteiger partial charge in [0.25, 0.3) is 5.88 Å². The Bertz CT molecular complexity index is 268. The van der Waals surface area contributed by atoms with Crippen LogP contribution in [0, 0.1) is 0 Å². The maximum absolute atomic E-state index is 8.59. The number of nitrogens with zero attached hydrogens (tertiary/aromatic N) is 2. The molecule has 0 fully saturated rings. The van der Waals surface area contributed by atoms with Gasteiger partial charge in [0.05, 0.1) is 12.8 Å². The highest BCUT2D eigenvalue weighted by Gasteiger charge is 2.03. The summed E-state index contributed by atoms with van der Waals surface area (Å²) in [4.78, 5) is 0. The summed E-state index contributed by atoms with van der Waals surface area (Å²) in [5.41, 5.74) is 0.656. The van der Waals surface area contributed by atoms with Crippen molar-refractivity contribution in [2.75, 3.05) is 13.7 Å². The van der Waals surface area contributed by atoms with Gasteiger partial charge in [-0.15, -0.1) is 5.10 Å². The minimum atomic E-state index is 0.0390. The van der Waals surface area contributed by atoms with Gasteiger partial charge in [0.15, 0.2) is 0 Å². The molecule has 4 nitrogen and oxygen atoms in total. The van der Waals surface area contributed by atoms with E-state index in [0.717, 1.165) is 0 Å². The fraction of sp³-hybridized carbons (Fsp3) is 0.429. The second-order valence-electron chi connectivity index (χ2n) is 2.17. The van der Waals surface area contributed by atoms with Gasteiger partial charge >= 0.3 is 0 Å². The highest BCUT2D eigenvalue weighted by molar-refractivity contribution is 6.31. The summed E-state index contributed by atoms with van der Waals surface area (Å²) >= 11 is 5.76. The molecule has 0 unspecified atom stereocenters. The van der Waals surface area contributed by atoms with Crippen LogP contribution in [0.15, 0.2) is 6.07 Å². The van der Waals surface area contributed by atoms with Crippen LogP contribution in [0.2, 0.25) is 5.02 Å². The third-order valence-corrected chi connectivity index (χ3v) is 1.60. The lowest BCUT2D eigenvalue weighted by atomic mass is 10.3. The summed E-state index contributed by atoms with van der Waals surface area (Å²) in [6, 6.07) is 1.63. The van der Waals surface area contributed by atoms with Crippen LogP contribution in [-0.2, 0) is 6.42 Å². The summed E-state index contributed by atoms with van der Waals surface area (Å²) in [5, 5.41) is 16.5. The fourth-order valence-electron chi connectivity index (χ4n) is 0.769. The first kappa shape index (κ1) is 9.22. The molecule has 0 spiro atoms. The lowest BCUT2D eigenvalue weighted by Crippen LogP contribution is -1.99. The first-order chi connectivity index (χ1) is 5.77. The number of aliphatic hydroxyl groups is 1. The fourth-order valence-corrected chi connectivity index (χ4v) is 1.01. The molecule has 66 valence electrons. The molecule has 0 saturated heterocycles. The van der Waals surface area contributed by atoms with Gasteiger partial charge in [-0.2, -0.15) is 5.10 Å². The van der Waals surface area contributed by atoms with Crippen LogP contribution in [0.25, 0.3) is 0 Å². The van der Waals surface area contributed by atoms with Gasteiger partial charge in [0, 0.05) is 13.0 Å². The standard InChI is InChI=1S/C7H9ClN2O2/c1-12-7-6(8)4-5(2-3-11)9-10-7/h4,11H,2-3H2,1H3. The predicted molar refractivity (Wildman–Crippen MR) is 44.4 cm³/mol. The molecule has 1 aromatic rings. The van der Waals surface area contributed by atoms with Gasteiger partial charge in [0.2, 0.25) is 0 Å². The Morgan fingerprint density at radius 2 is 2.33 bits per heavy atom. The maximum atomic E-state index is 8.59. The zero-order valence-electron chi connectivity index (χ0n) is 6.62. The van der Waals surface area contributed by atoms with Crippen LogP contribution in [0.4, 0.5) is 0 Å². The Hall–Kier alpha value is -0.870. The SMILES string of the molecule is COc1nnc(CCO)cc1Cl. The number of hydrogen-bond acceptors (Lipinski definition) is 4. The van der Waals surface area contributed by atoms with E-state index < -0.39 is 0 Å². The van der Waals surface area contributed by atoms with E-state index >= 15 is 0 Å². The third kappa shape index (κ3) is 2.06. The molecule has 12 heavy (non-hydrogen) atoms. The van der Waals surface area contributed by atoms with Crippen LogP contribution in [0.3, 0.4) is 0 Å². The van der Waals surface area contributed by atoms with E-state index in [-0.39, 0.29) is 6.61 Å². The molecule has 5 heteroatoms. The lowest BCUT2D eigenvalue weighted by molar-refractivity contribution is 0.297. The molecule has 0 radical (unpaired) electrons. The molecule has 0 amide bonds. The molecule has 1 rings (SSSR count). The normalized spacial score (nSPS) is 9.92. The smallest absolute Gasteiger partial charge is 0.252 e. The number of methoxy groups -OCH3 is 1. The zero-order chi connectivity index (χ0) is 8.97. The number of ether oxygens (including phenoxy) is 1. The van der Waals surface area contributed by atoms with Crippen LogP contribution in [0.1, 0.15) is 5.69 Å². The molecule has 0 aliphatic rings. The maximum Gasteiger partial charge on any atom is 0.252 e. The molecular weight excluding hydrogens is 180 g/mol. The average molecular weight is 189 g/mol. The van der Waals surface area contributed by atoms with Gasteiger partial charge in [-0.3, -0.25) is 0 Å². The van der Waals surface area contributed by atoms with Crippen molar-refractivity contribution in [1.82, 2.24) is 10.2 Å². The molecule has 0 atom stereocenters. The lowest BCUT2D eigenvalue weighted by Gasteiger charge is -2.01. The van der Waals surface area contributed by atoms with Crippen LogP contribution in [0.5, 0.6) is 5.88 Å². The van der Waals surface area contributed by atoms with Crippen molar-refractivity contribution in [3.8, 4) is 5.88 Å². The Balaban J connectivity index is 2.86. The molecule has 0 aliphatic carbocycles. The van der Waals surface area contributed by atoms with Crippen molar-refractivity contribution in [1.29, 1.82) is 0 Å². The van der Waals surface area contributed by atoms with Gasteiger partial charge in [0.1, 0.15) is 5.02 Å². The molecule has 0 aliphatic heterocycles. The van der Waals surface area contributed by atoms with Crippen LogP contribution >= 0.6 is 11.6 Å². The summed E-state index contributed by atoms with van der Waals surface area (Å²) in [7, 11) is 1.47. The van der Waals surface area contributed by atoms with E-state index in [2.05, 4.69) is 10.2 Å². The third-order valence-electron chi connectivity index (χ3n) is 1.33. The number of hydrogen-bond donors (Lipinski definition) is 1. The predicted octanol–water partition coefficient (Wildman–Crippen LogP) is 0.673. The van der Waals surface area contributed by atoms with Gasteiger partial charge in [-0.05, 0) is 6.07 Å². The van der Waals surface area contributed by atoms with Crippen molar-refractivity contribution < 1.29 is 9.84 Å². The second kappa shape index (κ2) is 4.23. The average Bonchev–Trinajstić information content (AvgIpc) is 2.05. The summed E-state index contributed by atoms with van der Waals surface area (Å²) in [5.74, 6) is 0.304. The second-order valence-corrected chi connectivity index (χ2v) is 2.57. The van der Waals surface area contributed by atoms with Crippen LogP contribution in [-0.4, -0.2) is 29.0 Å². The minimum Gasteiger partial charge on any atom is -0.479 e. The van der Waals surface area contributed by atoms with Crippen molar-refractivity contribution in [2.24, 2.45) is 0 Å². The monoisotopic (exact) mass is 188 g/mol. The van der Waals surface area contributed by atoms with Crippen molar-refractivity contribution in [2.45, 2.75) is 6.42 Å². The van der Waals surface area contributed by atoms with E-state index in [1.165, 1.54) is 7.11 Å². The highest BCUT2D eigenvalue weighted by atomic mass is 35.5. The topological polar surface area (TPSA) is 55.2 Å². The Morgan fingerprint density at radius 1 is 1.58 bits per heavy atom. The van der Waals surface area contributed by atoms with E-state index in [9.17, 15) is 0 Å². The molecule has 1 aromatic heterocycles. The van der Waals surface area contributed by atoms with Crippen molar-refractivity contribution >= 4 is 11.6 Å². The molecule has 0 aromatic carbocycles. The van der Waals surface area contributed by atoms with Crippen LogP contribution < -0.4 is 4.74 Å². The number of aliphatic hydroxyl groups excluding tert-OH is 1. The minimum absolute atomic E-state index is 0.0390. The van der Waals surface area contributed by atoms with Gasteiger partial charge in [-0.1, -0.05) is 11.6 Å². The Kier molecular flexibility index (Phi) is 3.25. The molecule has 0 saturated carbocycles. The number of aromatic nitrogens is 2. The van der Waals surface area contributed by atoms with E-state index in [1.54, 1.807) is 6.07 Å². The first-order valence-electron chi connectivity index (χ1n) is 3.45. The van der Waals surface area contributed by atoms with Crippen molar-refractivity contribution in [3.05, 3.63) is 16.8 Å². The first-order valence-corrected chi connectivity index (χ1v) is 3.82. The largest absolute Gasteiger partial charge is 0.479 e. The molecule has 1 N–H and O–H groups in total. The molecule has 1 heterocycles. The summed E-state index contributed by atoms with van der Waals surface area (Å²) in [6.45, 7) is 0.0390. The van der Waals surface area contributed by atoms with Gasteiger partial charge in [-0.25, -0.2) is 0 Å². The van der Waals surface area contributed by atoms with Crippen molar-refractivity contribution in [3.63, 3.8) is 0 Å². The molecular formula is C7H9ClN2O2. The number of halogens is 1. The van der Waals surface area contributed by atoms with Gasteiger partial charge < -0.3 is 9.84 Å². The van der Waals surface area contributed by atoms with E-state index in [4.69, 9.17) is 21.4 Å². The molecule has 0 bridgehead atoms. The quantitative estimate of drug-likeness (QED) is 0.758. The Morgan fingerprint density at radius 3 is 2.83 bits per heavy atom. The number of rotatable bonds is 3. The zero-order valence-corrected chi connectivity index (χ0v) is 7.38. The highest BCUT2D eigenvalue weighted by Crippen LogP contribution is 2.20. The Labute approximate surface area is 75.1 Å². The summed E-state index contributed by atoms with van der Waals surface area (Å²) in [6.07, 6.45) is 0.455. The van der Waals surface area contributed by atoms with E-state index in [1.807, 2.05) is 0 Å².